The first-order valence-corrected chi connectivity index (χ1v) is 14.3. The number of amides is 3. The van der Waals surface area contributed by atoms with E-state index < -0.39 is 41.6 Å². The predicted octanol–water partition coefficient (Wildman–Crippen LogP) is 3.94. The average molecular weight is 566 g/mol. The molecule has 0 aromatic heterocycles. The van der Waals surface area contributed by atoms with Crippen LogP contribution in [-0.4, -0.2) is 54.0 Å². The van der Waals surface area contributed by atoms with Crippen molar-refractivity contribution in [1.82, 2.24) is 16.0 Å². The minimum absolute atomic E-state index is 0.0700. The standard InChI is InChI=1S/C32H43N3O6/c1-21(2)16-26(29(37)33-25(28(36)32(5)20-41-32)18-23-12-8-6-9-13-23)34-30(38)27(17-22(3)4)35-31(39)40-19-24-14-10-7-11-15-24/h6-15,21-22,25-27H,16-20H2,1-5H3,(H,33,37)(H,34,38)(H,35,39)/t25-,26-,27-,32+/m0/s1. The van der Waals surface area contributed by atoms with E-state index in [2.05, 4.69) is 16.0 Å². The summed E-state index contributed by atoms with van der Waals surface area (Å²) in [5, 5.41) is 8.38. The van der Waals surface area contributed by atoms with E-state index in [0.29, 0.717) is 25.9 Å². The summed E-state index contributed by atoms with van der Waals surface area (Å²) in [5.41, 5.74) is 0.803. The second-order valence-corrected chi connectivity index (χ2v) is 11.7. The van der Waals surface area contributed by atoms with Gasteiger partial charge in [-0.2, -0.15) is 0 Å². The molecule has 222 valence electrons. The third-order valence-electron chi connectivity index (χ3n) is 6.88. The third kappa shape index (κ3) is 10.3. The molecule has 3 rings (SSSR count). The van der Waals surface area contributed by atoms with Gasteiger partial charge >= 0.3 is 6.09 Å². The topological polar surface area (TPSA) is 126 Å². The van der Waals surface area contributed by atoms with Crippen molar-refractivity contribution in [1.29, 1.82) is 0 Å². The lowest BCUT2D eigenvalue weighted by atomic mass is 9.94. The number of hydrogen-bond acceptors (Lipinski definition) is 6. The maximum absolute atomic E-state index is 13.6. The number of Topliss-reactive ketones (excluding diaryl/α,β-unsaturated/α-hetero) is 1. The summed E-state index contributed by atoms with van der Waals surface area (Å²) in [6.07, 6.45) is 0.292. The zero-order valence-corrected chi connectivity index (χ0v) is 24.6. The van der Waals surface area contributed by atoms with E-state index in [1.165, 1.54) is 0 Å². The van der Waals surface area contributed by atoms with E-state index in [-0.39, 0.29) is 24.2 Å². The van der Waals surface area contributed by atoms with E-state index in [4.69, 9.17) is 9.47 Å². The Balaban J connectivity index is 1.70. The summed E-state index contributed by atoms with van der Waals surface area (Å²) < 4.78 is 10.7. The van der Waals surface area contributed by atoms with E-state index in [1.54, 1.807) is 6.92 Å². The Hall–Kier alpha value is -3.72. The molecule has 2 aromatic carbocycles. The molecule has 0 radical (unpaired) electrons. The highest BCUT2D eigenvalue weighted by Crippen LogP contribution is 2.29. The van der Waals surface area contributed by atoms with Crippen molar-refractivity contribution in [3.63, 3.8) is 0 Å². The second-order valence-electron chi connectivity index (χ2n) is 11.7. The smallest absolute Gasteiger partial charge is 0.408 e. The lowest BCUT2D eigenvalue weighted by Crippen LogP contribution is -2.57. The van der Waals surface area contributed by atoms with Crippen LogP contribution in [0.2, 0.25) is 0 Å². The molecule has 0 spiro atoms. The van der Waals surface area contributed by atoms with E-state index in [1.807, 2.05) is 88.4 Å². The van der Waals surface area contributed by atoms with Crippen molar-refractivity contribution in [2.24, 2.45) is 11.8 Å². The van der Waals surface area contributed by atoms with Crippen molar-refractivity contribution < 1.29 is 28.7 Å². The number of epoxide rings is 1. The predicted molar refractivity (Wildman–Crippen MR) is 156 cm³/mol. The van der Waals surface area contributed by atoms with Crippen LogP contribution in [0.25, 0.3) is 0 Å². The van der Waals surface area contributed by atoms with Gasteiger partial charge in [0.05, 0.1) is 12.6 Å². The van der Waals surface area contributed by atoms with Crippen LogP contribution in [0.1, 0.15) is 58.6 Å². The molecule has 1 saturated heterocycles. The van der Waals surface area contributed by atoms with Crippen LogP contribution in [0, 0.1) is 11.8 Å². The van der Waals surface area contributed by atoms with Gasteiger partial charge in [0, 0.05) is 0 Å². The second kappa shape index (κ2) is 14.8. The van der Waals surface area contributed by atoms with Crippen molar-refractivity contribution in [2.45, 2.75) is 84.2 Å². The van der Waals surface area contributed by atoms with Gasteiger partial charge < -0.3 is 25.4 Å². The Kier molecular flexibility index (Phi) is 11.5. The van der Waals surface area contributed by atoms with Crippen LogP contribution in [0.3, 0.4) is 0 Å². The largest absolute Gasteiger partial charge is 0.445 e. The minimum atomic E-state index is -0.921. The number of ether oxygens (including phenoxy) is 2. The van der Waals surface area contributed by atoms with Crippen LogP contribution in [0.5, 0.6) is 0 Å². The average Bonchev–Trinajstić information content (AvgIpc) is 3.69. The molecule has 1 fully saturated rings. The molecule has 1 heterocycles. The molecule has 41 heavy (non-hydrogen) atoms. The van der Waals surface area contributed by atoms with Gasteiger partial charge in [-0.25, -0.2) is 4.79 Å². The van der Waals surface area contributed by atoms with E-state index in [9.17, 15) is 19.2 Å². The summed E-state index contributed by atoms with van der Waals surface area (Å²) in [4.78, 5) is 52.8. The van der Waals surface area contributed by atoms with Crippen molar-refractivity contribution in [2.75, 3.05) is 6.61 Å². The Morgan fingerprint density at radius 1 is 0.756 bits per heavy atom. The number of benzene rings is 2. The normalized spacial score (nSPS) is 18.2. The van der Waals surface area contributed by atoms with Crippen LogP contribution >= 0.6 is 0 Å². The van der Waals surface area contributed by atoms with Crippen LogP contribution < -0.4 is 16.0 Å². The Morgan fingerprint density at radius 2 is 1.22 bits per heavy atom. The highest BCUT2D eigenvalue weighted by molar-refractivity contribution is 5.98. The highest BCUT2D eigenvalue weighted by Gasteiger charge is 2.50. The molecular weight excluding hydrogens is 522 g/mol. The lowest BCUT2D eigenvalue weighted by Gasteiger charge is -2.27. The van der Waals surface area contributed by atoms with Gasteiger partial charge in [-0.1, -0.05) is 88.4 Å². The quantitative estimate of drug-likeness (QED) is 0.281. The van der Waals surface area contributed by atoms with Gasteiger partial charge in [0.2, 0.25) is 11.8 Å². The molecule has 0 bridgehead atoms. The minimum Gasteiger partial charge on any atom is -0.445 e. The van der Waals surface area contributed by atoms with Gasteiger partial charge in [0.25, 0.3) is 0 Å². The molecule has 3 amide bonds. The number of carbonyl (C=O) groups is 4. The first-order valence-electron chi connectivity index (χ1n) is 14.3. The molecule has 3 N–H and O–H groups in total. The number of nitrogens with one attached hydrogen (secondary N) is 3. The van der Waals surface area contributed by atoms with Crippen molar-refractivity contribution in [3.05, 3.63) is 71.8 Å². The summed E-state index contributed by atoms with van der Waals surface area (Å²) in [7, 11) is 0. The third-order valence-corrected chi connectivity index (χ3v) is 6.88. The fraction of sp³-hybridized carbons (Fsp3) is 0.500. The summed E-state index contributed by atoms with van der Waals surface area (Å²) in [5.74, 6) is -0.986. The van der Waals surface area contributed by atoms with E-state index >= 15 is 0 Å². The molecule has 0 unspecified atom stereocenters. The van der Waals surface area contributed by atoms with Gasteiger partial charge in [-0.15, -0.1) is 0 Å². The number of hydrogen-bond donors (Lipinski definition) is 3. The molecular formula is C32H43N3O6. The van der Waals surface area contributed by atoms with Gasteiger partial charge in [0.15, 0.2) is 5.78 Å². The Morgan fingerprint density at radius 3 is 1.71 bits per heavy atom. The number of alkyl carbamates (subject to hydrolysis) is 1. The fourth-order valence-corrected chi connectivity index (χ4v) is 4.54. The van der Waals surface area contributed by atoms with Crippen LogP contribution in [-0.2, 0) is 36.9 Å². The van der Waals surface area contributed by atoms with Crippen LogP contribution in [0.15, 0.2) is 60.7 Å². The van der Waals surface area contributed by atoms with Crippen molar-refractivity contribution >= 4 is 23.7 Å². The zero-order valence-electron chi connectivity index (χ0n) is 24.6. The molecule has 0 aliphatic carbocycles. The van der Waals surface area contributed by atoms with Gasteiger partial charge in [-0.3, -0.25) is 14.4 Å². The summed E-state index contributed by atoms with van der Waals surface area (Å²) in [6.45, 7) is 9.87. The maximum Gasteiger partial charge on any atom is 0.408 e. The molecule has 2 aromatic rings. The van der Waals surface area contributed by atoms with Crippen molar-refractivity contribution in [3.8, 4) is 0 Å². The molecule has 9 heteroatoms. The lowest BCUT2D eigenvalue weighted by molar-refractivity contribution is -0.133. The zero-order chi connectivity index (χ0) is 30.0. The maximum atomic E-state index is 13.6. The summed E-state index contributed by atoms with van der Waals surface area (Å²) >= 11 is 0. The monoisotopic (exact) mass is 565 g/mol. The molecule has 1 aliphatic heterocycles. The molecule has 9 nitrogen and oxygen atoms in total. The molecule has 0 saturated carbocycles. The Bertz CT molecular complexity index is 1160. The van der Waals surface area contributed by atoms with Gasteiger partial charge in [0.1, 0.15) is 24.3 Å². The fourth-order valence-electron chi connectivity index (χ4n) is 4.54. The number of ketones is 1. The molecule has 4 atom stereocenters. The Labute approximate surface area is 242 Å². The highest BCUT2D eigenvalue weighted by atomic mass is 16.6. The summed E-state index contributed by atoms with van der Waals surface area (Å²) in [6, 6.07) is 16.1. The van der Waals surface area contributed by atoms with Crippen LogP contribution in [0.4, 0.5) is 4.79 Å². The first kappa shape index (κ1) is 31.8. The molecule has 1 aliphatic rings. The SMILES string of the molecule is CC(C)C[C@H](NC(=O)OCc1ccccc1)C(=O)N[C@@H](CC(C)C)C(=O)N[C@@H](Cc1ccccc1)C(=O)[C@@]1(C)CO1. The number of carbonyl (C=O) groups excluding carboxylic acids is 4. The number of rotatable bonds is 15. The van der Waals surface area contributed by atoms with Gasteiger partial charge in [-0.05, 0) is 49.1 Å². The van der Waals surface area contributed by atoms with E-state index in [0.717, 1.165) is 11.1 Å². The first-order chi connectivity index (χ1) is 19.5.